The van der Waals surface area contributed by atoms with Crippen molar-refractivity contribution in [3.05, 3.63) is 12.2 Å². The van der Waals surface area contributed by atoms with Crippen molar-refractivity contribution in [2.75, 3.05) is 7.11 Å². The molecule has 0 aliphatic carbocycles. The van der Waals surface area contributed by atoms with E-state index in [-0.39, 0.29) is 5.60 Å². The molecule has 1 unspecified atom stereocenters. The standard InChI is InChI=1S/C11H24N2O/c1-9(2)6-7-10(13-12)8-11(3,4)14-5/h10,13H,1,6-8,12H2,2-5H3. The third kappa shape index (κ3) is 6.13. The van der Waals surface area contributed by atoms with E-state index >= 15 is 0 Å². The fraction of sp³-hybridized carbons (Fsp3) is 0.818. The van der Waals surface area contributed by atoms with Crippen LogP contribution in [0.1, 0.15) is 40.0 Å². The number of ether oxygens (including phenoxy) is 1. The first-order valence-electron chi connectivity index (χ1n) is 5.07. The number of hydrazine groups is 1. The van der Waals surface area contributed by atoms with Gasteiger partial charge in [0.15, 0.2) is 0 Å². The normalized spacial score (nSPS) is 14.1. The molecule has 0 aromatic rings. The van der Waals surface area contributed by atoms with E-state index in [1.54, 1.807) is 7.11 Å². The van der Waals surface area contributed by atoms with Crippen LogP contribution < -0.4 is 11.3 Å². The van der Waals surface area contributed by atoms with Gasteiger partial charge >= 0.3 is 0 Å². The Morgan fingerprint density at radius 1 is 1.57 bits per heavy atom. The molecule has 0 aliphatic heterocycles. The summed E-state index contributed by atoms with van der Waals surface area (Å²) in [5, 5.41) is 0. The monoisotopic (exact) mass is 200 g/mol. The maximum atomic E-state index is 5.49. The molecule has 0 radical (unpaired) electrons. The highest BCUT2D eigenvalue weighted by Gasteiger charge is 2.21. The van der Waals surface area contributed by atoms with Crippen LogP contribution >= 0.6 is 0 Å². The van der Waals surface area contributed by atoms with Crippen LogP contribution in [0.2, 0.25) is 0 Å². The topological polar surface area (TPSA) is 47.3 Å². The van der Waals surface area contributed by atoms with Gasteiger partial charge in [-0.05, 0) is 40.0 Å². The fourth-order valence-electron chi connectivity index (χ4n) is 1.34. The molecule has 14 heavy (non-hydrogen) atoms. The zero-order chi connectivity index (χ0) is 11.2. The molecule has 0 amide bonds. The summed E-state index contributed by atoms with van der Waals surface area (Å²) < 4.78 is 5.36. The summed E-state index contributed by atoms with van der Waals surface area (Å²) in [6, 6.07) is 0.293. The first kappa shape index (κ1) is 13.6. The van der Waals surface area contributed by atoms with Crippen molar-refractivity contribution in [1.29, 1.82) is 0 Å². The summed E-state index contributed by atoms with van der Waals surface area (Å²) in [5.74, 6) is 5.49. The third-order valence-corrected chi connectivity index (χ3v) is 2.45. The first-order chi connectivity index (χ1) is 6.41. The highest BCUT2D eigenvalue weighted by molar-refractivity contribution is 4.90. The smallest absolute Gasteiger partial charge is 0.0638 e. The van der Waals surface area contributed by atoms with Crippen LogP contribution in [-0.2, 0) is 4.74 Å². The van der Waals surface area contributed by atoms with E-state index in [1.807, 2.05) is 6.92 Å². The third-order valence-electron chi connectivity index (χ3n) is 2.45. The van der Waals surface area contributed by atoms with Crippen LogP contribution in [0.25, 0.3) is 0 Å². The number of hydrogen-bond donors (Lipinski definition) is 2. The maximum absolute atomic E-state index is 5.49. The Kier molecular flexibility index (Phi) is 6.00. The van der Waals surface area contributed by atoms with Crippen molar-refractivity contribution < 1.29 is 4.74 Å². The summed E-state index contributed by atoms with van der Waals surface area (Å²) in [5.41, 5.74) is 3.90. The zero-order valence-electron chi connectivity index (χ0n) is 9.89. The first-order valence-corrected chi connectivity index (χ1v) is 5.07. The van der Waals surface area contributed by atoms with Crippen molar-refractivity contribution in [1.82, 2.24) is 5.43 Å². The minimum Gasteiger partial charge on any atom is -0.379 e. The van der Waals surface area contributed by atoms with Gasteiger partial charge < -0.3 is 4.74 Å². The highest BCUT2D eigenvalue weighted by atomic mass is 16.5. The second kappa shape index (κ2) is 6.17. The molecular formula is C11H24N2O. The molecule has 0 aliphatic rings. The van der Waals surface area contributed by atoms with Gasteiger partial charge in [-0.3, -0.25) is 11.3 Å². The van der Waals surface area contributed by atoms with Crippen LogP contribution in [0.5, 0.6) is 0 Å². The van der Waals surface area contributed by atoms with Crippen LogP contribution in [0.4, 0.5) is 0 Å². The summed E-state index contributed by atoms with van der Waals surface area (Å²) in [6.45, 7) is 10.1. The Bertz CT molecular complexity index is 178. The van der Waals surface area contributed by atoms with Crippen LogP contribution in [0.3, 0.4) is 0 Å². The SMILES string of the molecule is C=C(C)CCC(CC(C)(C)OC)NN. The largest absolute Gasteiger partial charge is 0.379 e. The maximum Gasteiger partial charge on any atom is 0.0638 e. The number of methoxy groups -OCH3 is 1. The van der Waals surface area contributed by atoms with Gasteiger partial charge in [0.25, 0.3) is 0 Å². The van der Waals surface area contributed by atoms with Gasteiger partial charge in [-0.2, -0.15) is 0 Å². The van der Waals surface area contributed by atoms with E-state index in [1.165, 1.54) is 5.57 Å². The molecule has 3 heteroatoms. The lowest BCUT2D eigenvalue weighted by Crippen LogP contribution is -2.41. The molecule has 84 valence electrons. The number of nitrogens with two attached hydrogens (primary N) is 1. The van der Waals surface area contributed by atoms with E-state index in [0.29, 0.717) is 6.04 Å². The van der Waals surface area contributed by atoms with Gasteiger partial charge in [0.05, 0.1) is 5.60 Å². The second-order valence-corrected chi connectivity index (χ2v) is 4.53. The molecule has 1 atom stereocenters. The van der Waals surface area contributed by atoms with Crippen LogP contribution in [0.15, 0.2) is 12.2 Å². The second-order valence-electron chi connectivity index (χ2n) is 4.53. The average molecular weight is 200 g/mol. The minimum absolute atomic E-state index is 0.119. The van der Waals surface area contributed by atoms with Crippen LogP contribution in [-0.4, -0.2) is 18.8 Å². The number of hydrogen-bond acceptors (Lipinski definition) is 3. The lowest BCUT2D eigenvalue weighted by atomic mass is 9.95. The summed E-state index contributed by atoms with van der Waals surface area (Å²) in [6.07, 6.45) is 2.93. The Balaban J connectivity index is 3.96. The van der Waals surface area contributed by atoms with Crippen molar-refractivity contribution in [3.63, 3.8) is 0 Å². The molecule has 0 spiro atoms. The Morgan fingerprint density at radius 2 is 2.14 bits per heavy atom. The molecule has 0 aromatic heterocycles. The molecule has 0 saturated heterocycles. The molecule has 0 heterocycles. The van der Waals surface area contributed by atoms with Crippen molar-refractivity contribution in [3.8, 4) is 0 Å². The lowest BCUT2D eigenvalue weighted by molar-refractivity contribution is 0.00639. The number of allylic oxidation sites excluding steroid dienone is 1. The Labute approximate surface area is 87.7 Å². The molecule has 3 N–H and O–H groups in total. The van der Waals surface area contributed by atoms with Gasteiger partial charge in [0.2, 0.25) is 0 Å². The quantitative estimate of drug-likeness (QED) is 0.375. The minimum atomic E-state index is -0.119. The van der Waals surface area contributed by atoms with E-state index in [9.17, 15) is 0 Å². The highest BCUT2D eigenvalue weighted by Crippen LogP contribution is 2.18. The van der Waals surface area contributed by atoms with Crippen LogP contribution in [0, 0.1) is 0 Å². The fourth-order valence-corrected chi connectivity index (χ4v) is 1.34. The van der Waals surface area contributed by atoms with Gasteiger partial charge in [-0.25, -0.2) is 0 Å². The number of nitrogens with one attached hydrogen (secondary N) is 1. The molecule has 0 bridgehead atoms. The van der Waals surface area contributed by atoms with E-state index in [2.05, 4.69) is 25.9 Å². The number of rotatable bonds is 7. The van der Waals surface area contributed by atoms with Gasteiger partial charge in [-0.1, -0.05) is 5.57 Å². The van der Waals surface area contributed by atoms with E-state index in [4.69, 9.17) is 10.6 Å². The van der Waals surface area contributed by atoms with Crippen molar-refractivity contribution in [2.24, 2.45) is 5.84 Å². The van der Waals surface area contributed by atoms with Gasteiger partial charge in [0.1, 0.15) is 0 Å². The summed E-state index contributed by atoms with van der Waals surface area (Å²) >= 11 is 0. The average Bonchev–Trinajstić information content (AvgIpc) is 2.12. The van der Waals surface area contributed by atoms with Crippen molar-refractivity contribution in [2.45, 2.75) is 51.7 Å². The molecular weight excluding hydrogens is 176 g/mol. The Morgan fingerprint density at radius 3 is 2.50 bits per heavy atom. The lowest BCUT2D eigenvalue weighted by Gasteiger charge is -2.28. The van der Waals surface area contributed by atoms with Crippen molar-refractivity contribution >= 4 is 0 Å². The summed E-state index contributed by atoms with van der Waals surface area (Å²) in [7, 11) is 1.73. The molecule has 3 nitrogen and oxygen atoms in total. The zero-order valence-corrected chi connectivity index (χ0v) is 9.89. The van der Waals surface area contributed by atoms with E-state index in [0.717, 1.165) is 19.3 Å². The van der Waals surface area contributed by atoms with Gasteiger partial charge in [0, 0.05) is 13.2 Å². The molecule has 0 fully saturated rings. The predicted octanol–water partition coefficient (Wildman–Crippen LogP) is 1.99. The molecule has 0 rings (SSSR count). The summed E-state index contributed by atoms with van der Waals surface area (Å²) in [4.78, 5) is 0. The predicted molar refractivity (Wildman–Crippen MR) is 60.9 cm³/mol. The van der Waals surface area contributed by atoms with E-state index < -0.39 is 0 Å². The molecule has 0 aromatic carbocycles. The van der Waals surface area contributed by atoms with Gasteiger partial charge in [-0.15, -0.1) is 6.58 Å². The Hall–Kier alpha value is -0.380. The molecule has 0 saturated carbocycles.